The van der Waals surface area contributed by atoms with Crippen molar-refractivity contribution in [1.82, 2.24) is 20.1 Å². The number of amides is 2. The lowest BCUT2D eigenvalue weighted by Crippen LogP contribution is -2.49. The third-order valence-corrected chi connectivity index (χ3v) is 6.91. The Kier molecular flexibility index (Phi) is 4.86. The van der Waals surface area contributed by atoms with Crippen LogP contribution in [0.4, 0.5) is 5.82 Å². The molecule has 3 aromatic rings. The second kappa shape index (κ2) is 7.51. The van der Waals surface area contributed by atoms with Gasteiger partial charge in [0.2, 0.25) is 5.91 Å². The lowest BCUT2D eigenvalue weighted by Gasteiger charge is -2.34. The second-order valence-electron chi connectivity index (χ2n) is 8.76. The first kappa shape index (κ1) is 21.3. The van der Waals surface area contributed by atoms with Gasteiger partial charge in [0.25, 0.3) is 5.91 Å². The number of sulfone groups is 1. The molecule has 1 spiro atoms. The van der Waals surface area contributed by atoms with Crippen LogP contribution in [-0.2, 0) is 33.0 Å². The van der Waals surface area contributed by atoms with Crippen LogP contribution in [-0.4, -0.2) is 47.0 Å². The molecular weight excluding hydrogens is 442 g/mol. The number of aromatic nitrogens is 3. The Labute approximate surface area is 191 Å². The first-order valence-corrected chi connectivity index (χ1v) is 12.6. The van der Waals surface area contributed by atoms with E-state index in [1.54, 1.807) is 12.3 Å². The SMILES string of the molecule is Cc1ccc(-n2nc3c(c2NC(=O)CS(C)(=O)=O)C(=O)N[C@@]2(CCc4ccccc42)C3)nc1. The number of anilines is 1. The molecule has 0 radical (unpaired) electrons. The predicted octanol–water partition coefficient (Wildman–Crippen LogP) is 1.69. The van der Waals surface area contributed by atoms with Crippen molar-refractivity contribution < 1.29 is 18.0 Å². The minimum Gasteiger partial charge on any atom is -0.342 e. The fourth-order valence-electron chi connectivity index (χ4n) is 4.71. The highest BCUT2D eigenvalue weighted by molar-refractivity contribution is 7.91. The highest BCUT2D eigenvalue weighted by Crippen LogP contribution is 2.43. The van der Waals surface area contributed by atoms with Gasteiger partial charge < -0.3 is 10.6 Å². The average Bonchev–Trinajstić information content (AvgIpc) is 3.27. The van der Waals surface area contributed by atoms with Gasteiger partial charge in [0.1, 0.15) is 11.3 Å². The Bertz CT molecular complexity index is 1390. The Hall–Kier alpha value is -3.53. The summed E-state index contributed by atoms with van der Waals surface area (Å²) in [5.74, 6) is -1.27. The molecule has 3 heterocycles. The molecule has 5 rings (SSSR count). The maximum Gasteiger partial charge on any atom is 0.257 e. The summed E-state index contributed by atoms with van der Waals surface area (Å²) in [6, 6.07) is 11.6. The summed E-state index contributed by atoms with van der Waals surface area (Å²) in [4.78, 5) is 30.3. The molecule has 2 aromatic heterocycles. The number of carbonyl (C=O) groups is 2. The molecule has 33 heavy (non-hydrogen) atoms. The van der Waals surface area contributed by atoms with E-state index in [0.717, 1.165) is 30.2 Å². The highest BCUT2D eigenvalue weighted by atomic mass is 32.2. The molecule has 0 saturated heterocycles. The van der Waals surface area contributed by atoms with Gasteiger partial charge in [-0.1, -0.05) is 30.3 Å². The van der Waals surface area contributed by atoms with Gasteiger partial charge in [0.15, 0.2) is 21.5 Å². The molecule has 2 aliphatic rings. The summed E-state index contributed by atoms with van der Waals surface area (Å²) in [6.45, 7) is 1.90. The third kappa shape index (κ3) is 3.80. The molecule has 10 heteroatoms. The number of nitrogens with zero attached hydrogens (tertiary/aromatic N) is 3. The van der Waals surface area contributed by atoms with Gasteiger partial charge in [-0.25, -0.2) is 13.4 Å². The molecule has 2 amide bonds. The van der Waals surface area contributed by atoms with Crippen molar-refractivity contribution in [3.8, 4) is 5.82 Å². The lowest BCUT2D eigenvalue weighted by atomic mass is 9.83. The van der Waals surface area contributed by atoms with Crippen LogP contribution < -0.4 is 10.6 Å². The van der Waals surface area contributed by atoms with Gasteiger partial charge in [-0.15, -0.1) is 0 Å². The molecule has 0 fully saturated rings. The summed E-state index contributed by atoms with van der Waals surface area (Å²) in [7, 11) is -3.55. The number of benzene rings is 1. The van der Waals surface area contributed by atoms with Crippen molar-refractivity contribution in [3.05, 3.63) is 70.5 Å². The zero-order valence-electron chi connectivity index (χ0n) is 18.3. The zero-order chi connectivity index (χ0) is 23.4. The molecule has 1 aliphatic carbocycles. The number of hydrogen-bond donors (Lipinski definition) is 2. The molecular formula is C23H23N5O4S. The Balaban J connectivity index is 1.61. The number of fused-ring (bicyclic) bond motifs is 3. The first-order valence-electron chi connectivity index (χ1n) is 10.6. The van der Waals surface area contributed by atoms with E-state index in [2.05, 4.69) is 26.8 Å². The minimum atomic E-state index is -3.55. The smallest absolute Gasteiger partial charge is 0.257 e. The van der Waals surface area contributed by atoms with Gasteiger partial charge in [-0.3, -0.25) is 9.59 Å². The highest BCUT2D eigenvalue weighted by Gasteiger charge is 2.46. The quantitative estimate of drug-likeness (QED) is 0.604. The molecule has 1 aliphatic heterocycles. The molecule has 1 atom stereocenters. The van der Waals surface area contributed by atoms with E-state index in [4.69, 9.17) is 0 Å². The van der Waals surface area contributed by atoms with Crippen molar-refractivity contribution in [2.45, 2.75) is 31.7 Å². The molecule has 0 saturated carbocycles. The largest absolute Gasteiger partial charge is 0.342 e. The number of hydrogen-bond acceptors (Lipinski definition) is 6. The third-order valence-electron chi connectivity index (χ3n) is 6.12. The number of rotatable bonds is 4. The van der Waals surface area contributed by atoms with Gasteiger partial charge in [-0.2, -0.15) is 9.78 Å². The Morgan fingerprint density at radius 2 is 2.03 bits per heavy atom. The number of nitrogens with one attached hydrogen (secondary N) is 2. The van der Waals surface area contributed by atoms with Gasteiger partial charge >= 0.3 is 0 Å². The zero-order valence-corrected chi connectivity index (χ0v) is 19.1. The molecule has 170 valence electrons. The fourth-order valence-corrected chi connectivity index (χ4v) is 5.26. The van der Waals surface area contributed by atoms with E-state index >= 15 is 0 Å². The number of carbonyl (C=O) groups excluding carboxylic acids is 2. The van der Waals surface area contributed by atoms with Crippen LogP contribution in [0.5, 0.6) is 0 Å². The molecule has 0 bridgehead atoms. The standard InChI is InChI=1S/C23H23N5O4S/c1-14-7-8-18(24-12-14)28-21(25-19(29)13-33(2,31)32)20-17(27-28)11-23(26-22(20)30)10-9-15-5-3-4-6-16(15)23/h3-8,12H,9-11,13H2,1-2H3,(H,25,29)(H,26,30)/t23-/m0/s1. The number of pyridine rings is 1. The predicted molar refractivity (Wildman–Crippen MR) is 122 cm³/mol. The lowest BCUT2D eigenvalue weighted by molar-refractivity contribution is -0.113. The monoisotopic (exact) mass is 465 g/mol. The Morgan fingerprint density at radius 1 is 1.24 bits per heavy atom. The first-order chi connectivity index (χ1) is 15.7. The van der Waals surface area contributed by atoms with E-state index in [0.29, 0.717) is 17.9 Å². The molecule has 2 N–H and O–H groups in total. The average molecular weight is 466 g/mol. The van der Waals surface area contributed by atoms with E-state index in [1.807, 2.05) is 31.2 Å². The summed E-state index contributed by atoms with van der Waals surface area (Å²) >= 11 is 0. The summed E-state index contributed by atoms with van der Waals surface area (Å²) in [6.07, 6.45) is 4.70. The minimum absolute atomic E-state index is 0.119. The van der Waals surface area contributed by atoms with Gasteiger partial charge in [-0.05, 0) is 42.5 Å². The summed E-state index contributed by atoms with van der Waals surface area (Å²) < 4.78 is 24.7. The van der Waals surface area contributed by atoms with Crippen LogP contribution in [0, 0.1) is 6.92 Å². The van der Waals surface area contributed by atoms with E-state index < -0.39 is 27.0 Å². The van der Waals surface area contributed by atoms with Crippen molar-refractivity contribution in [2.24, 2.45) is 0 Å². The van der Waals surface area contributed by atoms with Crippen molar-refractivity contribution in [1.29, 1.82) is 0 Å². The Morgan fingerprint density at radius 3 is 2.76 bits per heavy atom. The van der Waals surface area contributed by atoms with E-state index in [9.17, 15) is 18.0 Å². The van der Waals surface area contributed by atoms with Gasteiger partial charge in [0.05, 0.1) is 11.2 Å². The fraction of sp³-hybridized carbons (Fsp3) is 0.304. The van der Waals surface area contributed by atoms with E-state index in [-0.39, 0.29) is 17.3 Å². The van der Waals surface area contributed by atoms with Crippen molar-refractivity contribution in [2.75, 3.05) is 17.3 Å². The molecule has 1 aromatic carbocycles. The molecule has 0 unspecified atom stereocenters. The van der Waals surface area contributed by atoms with Crippen LogP contribution in [0.15, 0.2) is 42.6 Å². The maximum absolute atomic E-state index is 13.4. The topological polar surface area (TPSA) is 123 Å². The number of aryl methyl sites for hydroxylation is 2. The van der Waals surface area contributed by atoms with Crippen LogP contribution in [0.3, 0.4) is 0 Å². The van der Waals surface area contributed by atoms with Crippen LogP contribution >= 0.6 is 0 Å². The van der Waals surface area contributed by atoms with Crippen molar-refractivity contribution >= 4 is 27.5 Å². The van der Waals surface area contributed by atoms with Crippen LogP contribution in [0.25, 0.3) is 5.82 Å². The summed E-state index contributed by atoms with van der Waals surface area (Å²) in [5.41, 5.74) is 3.42. The maximum atomic E-state index is 13.4. The normalized spacial score (nSPS) is 19.2. The summed E-state index contributed by atoms with van der Waals surface area (Å²) in [5, 5.41) is 10.4. The van der Waals surface area contributed by atoms with Crippen LogP contribution in [0.1, 0.15) is 39.2 Å². The molecule has 9 nitrogen and oxygen atoms in total. The van der Waals surface area contributed by atoms with Crippen molar-refractivity contribution in [3.63, 3.8) is 0 Å². The second-order valence-corrected chi connectivity index (χ2v) is 10.9. The van der Waals surface area contributed by atoms with Crippen LogP contribution in [0.2, 0.25) is 0 Å². The van der Waals surface area contributed by atoms with Gasteiger partial charge in [0, 0.05) is 18.9 Å². The van der Waals surface area contributed by atoms with E-state index in [1.165, 1.54) is 10.2 Å².